The van der Waals surface area contributed by atoms with Gasteiger partial charge in [0, 0.05) is 18.3 Å². The maximum absolute atomic E-state index is 12.3. The summed E-state index contributed by atoms with van der Waals surface area (Å²) in [6.07, 6.45) is 1.89. The summed E-state index contributed by atoms with van der Waals surface area (Å²) >= 11 is 0. The summed E-state index contributed by atoms with van der Waals surface area (Å²) < 4.78 is 27.4. The Hall–Kier alpha value is -1.11. The van der Waals surface area contributed by atoms with Gasteiger partial charge in [0.15, 0.2) is 0 Å². The van der Waals surface area contributed by atoms with Crippen molar-refractivity contribution in [1.29, 1.82) is 0 Å². The molecule has 19 heavy (non-hydrogen) atoms. The molecule has 1 fully saturated rings. The van der Waals surface area contributed by atoms with Crippen molar-refractivity contribution in [3.8, 4) is 0 Å². The highest BCUT2D eigenvalue weighted by atomic mass is 32.2. The van der Waals surface area contributed by atoms with Gasteiger partial charge >= 0.3 is 0 Å². The topological polar surface area (TPSA) is 75.4 Å². The number of benzene rings is 1. The summed E-state index contributed by atoms with van der Waals surface area (Å²) in [4.78, 5) is 2.39. The summed E-state index contributed by atoms with van der Waals surface area (Å²) in [5.74, 6) is 0. The highest BCUT2D eigenvalue weighted by molar-refractivity contribution is 7.89. The van der Waals surface area contributed by atoms with Gasteiger partial charge in [-0.3, -0.25) is 0 Å². The summed E-state index contributed by atoms with van der Waals surface area (Å²) in [5.41, 5.74) is 7.03. The van der Waals surface area contributed by atoms with Crippen molar-refractivity contribution in [2.75, 3.05) is 25.9 Å². The number of piperidine rings is 1. The maximum Gasteiger partial charge on any atom is 0.240 e. The average Bonchev–Trinajstić information content (AvgIpc) is 2.26. The molecule has 6 heteroatoms. The smallest absolute Gasteiger partial charge is 0.240 e. The van der Waals surface area contributed by atoms with Gasteiger partial charge in [-0.15, -0.1) is 0 Å². The number of rotatable bonds is 3. The molecule has 1 aromatic carbocycles. The van der Waals surface area contributed by atoms with E-state index >= 15 is 0 Å². The largest absolute Gasteiger partial charge is 0.399 e. The minimum absolute atomic E-state index is 0.0227. The molecule has 0 radical (unpaired) electrons. The third-order valence-corrected chi connectivity index (χ3v) is 4.83. The first-order valence-corrected chi connectivity index (χ1v) is 7.93. The summed E-state index contributed by atoms with van der Waals surface area (Å²) in [6, 6.07) is 4.88. The maximum atomic E-state index is 12.3. The van der Waals surface area contributed by atoms with Gasteiger partial charge in [-0.25, -0.2) is 13.1 Å². The van der Waals surface area contributed by atoms with E-state index in [4.69, 9.17) is 5.73 Å². The third-order valence-electron chi connectivity index (χ3n) is 3.33. The number of nitrogens with zero attached hydrogens (tertiary/aromatic N) is 1. The van der Waals surface area contributed by atoms with E-state index in [1.54, 1.807) is 12.1 Å². The second-order valence-corrected chi connectivity index (χ2v) is 7.02. The molecule has 1 aliphatic rings. The lowest BCUT2D eigenvalue weighted by Gasteiger charge is -2.30. The van der Waals surface area contributed by atoms with E-state index in [1.807, 2.05) is 14.0 Å². The fourth-order valence-electron chi connectivity index (χ4n) is 2.48. The molecule has 2 rings (SSSR count). The highest BCUT2D eigenvalue weighted by Gasteiger charge is 2.24. The van der Waals surface area contributed by atoms with E-state index < -0.39 is 10.0 Å². The molecule has 3 N–H and O–H groups in total. The van der Waals surface area contributed by atoms with Gasteiger partial charge in [-0.2, -0.15) is 0 Å². The Bertz CT molecular complexity index is 537. The van der Waals surface area contributed by atoms with Crippen molar-refractivity contribution < 1.29 is 8.42 Å². The number of hydrogen-bond acceptors (Lipinski definition) is 4. The van der Waals surface area contributed by atoms with Gasteiger partial charge in [-0.05, 0) is 57.1 Å². The molecule has 5 nitrogen and oxygen atoms in total. The Morgan fingerprint density at radius 1 is 1.37 bits per heavy atom. The minimum atomic E-state index is -3.48. The highest BCUT2D eigenvalue weighted by Crippen LogP contribution is 2.18. The predicted molar refractivity (Wildman–Crippen MR) is 76.4 cm³/mol. The molecule has 0 bridgehead atoms. The van der Waals surface area contributed by atoms with Gasteiger partial charge in [0.05, 0.1) is 4.90 Å². The monoisotopic (exact) mass is 283 g/mol. The van der Waals surface area contributed by atoms with Gasteiger partial charge < -0.3 is 10.6 Å². The van der Waals surface area contributed by atoms with E-state index in [2.05, 4.69) is 9.62 Å². The van der Waals surface area contributed by atoms with Crippen molar-refractivity contribution in [1.82, 2.24) is 9.62 Å². The first-order valence-electron chi connectivity index (χ1n) is 6.45. The minimum Gasteiger partial charge on any atom is -0.399 e. The lowest BCUT2D eigenvalue weighted by molar-refractivity contribution is 0.242. The Morgan fingerprint density at radius 2 is 2.11 bits per heavy atom. The zero-order valence-electron chi connectivity index (χ0n) is 11.4. The second kappa shape index (κ2) is 5.48. The van der Waals surface area contributed by atoms with Crippen LogP contribution < -0.4 is 10.5 Å². The lowest BCUT2D eigenvalue weighted by Crippen LogP contribution is -2.46. The number of likely N-dealkylation sites (N-methyl/N-ethyl adjacent to an activating group) is 1. The molecule has 1 atom stereocenters. The molecule has 0 aliphatic carbocycles. The molecule has 1 aliphatic heterocycles. The number of hydrogen-bond donors (Lipinski definition) is 2. The Balaban J connectivity index is 2.17. The van der Waals surface area contributed by atoms with Crippen molar-refractivity contribution in [3.05, 3.63) is 23.8 Å². The first kappa shape index (κ1) is 14.3. The number of nitrogens with one attached hydrogen (secondary N) is 1. The molecule has 0 saturated carbocycles. The van der Waals surface area contributed by atoms with Crippen LogP contribution >= 0.6 is 0 Å². The molecule has 1 aromatic rings. The zero-order chi connectivity index (χ0) is 14.0. The summed E-state index contributed by atoms with van der Waals surface area (Å²) in [6.45, 7) is 3.61. The molecule has 0 spiro atoms. The fourth-order valence-corrected chi connectivity index (χ4v) is 3.88. The van der Waals surface area contributed by atoms with E-state index in [0.29, 0.717) is 5.69 Å². The van der Waals surface area contributed by atoms with Crippen LogP contribution in [0.25, 0.3) is 0 Å². The molecule has 106 valence electrons. The lowest BCUT2D eigenvalue weighted by atomic mass is 10.1. The van der Waals surface area contributed by atoms with Crippen LogP contribution in [0.2, 0.25) is 0 Å². The van der Waals surface area contributed by atoms with Gasteiger partial charge in [0.1, 0.15) is 0 Å². The van der Waals surface area contributed by atoms with Crippen LogP contribution in [0.5, 0.6) is 0 Å². The normalized spacial score (nSPS) is 21.5. The molecule has 1 saturated heterocycles. The van der Waals surface area contributed by atoms with E-state index in [1.165, 1.54) is 6.07 Å². The first-order chi connectivity index (χ1) is 8.87. The number of sulfonamides is 1. The van der Waals surface area contributed by atoms with Crippen LogP contribution in [-0.4, -0.2) is 39.5 Å². The van der Waals surface area contributed by atoms with Gasteiger partial charge in [-0.1, -0.05) is 0 Å². The number of nitrogens with two attached hydrogens (primary N) is 1. The van der Waals surface area contributed by atoms with Crippen LogP contribution in [0, 0.1) is 6.92 Å². The van der Waals surface area contributed by atoms with Crippen molar-refractivity contribution >= 4 is 15.7 Å². The Labute approximate surface area is 114 Å². The molecule has 0 aromatic heterocycles. The van der Waals surface area contributed by atoms with Crippen LogP contribution in [0.15, 0.2) is 23.1 Å². The fraction of sp³-hybridized carbons (Fsp3) is 0.538. The number of likely N-dealkylation sites (tertiary alicyclic amines) is 1. The zero-order valence-corrected chi connectivity index (χ0v) is 12.2. The predicted octanol–water partition coefficient (Wildman–Crippen LogP) is 0.950. The average molecular weight is 283 g/mol. The van der Waals surface area contributed by atoms with Crippen LogP contribution in [0.3, 0.4) is 0 Å². The summed E-state index contributed by atoms with van der Waals surface area (Å²) in [5, 5.41) is 0. The Kier molecular flexibility index (Phi) is 4.13. The summed E-state index contributed by atoms with van der Waals surface area (Å²) in [7, 11) is -1.48. The van der Waals surface area contributed by atoms with Gasteiger partial charge in [0.25, 0.3) is 0 Å². The van der Waals surface area contributed by atoms with E-state index in [-0.39, 0.29) is 10.9 Å². The van der Waals surface area contributed by atoms with Crippen molar-refractivity contribution in [2.24, 2.45) is 0 Å². The van der Waals surface area contributed by atoms with E-state index in [9.17, 15) is 8.42 Å². The van der Waals surface area contributed by atoms with Gasteiger partial charge in [0.2, 0.25) is 10.0 Å². The van der Waals surface area contributed by atoms with E-state index in [0.717, 1.165) is 31.5 Å². The van der Waals surface area contributed by atoms with Crippen LogP contribution in [-0.2, 0) is 10.0 Å². The number of aryl methyl sites for hydroxylation is 1. The van der Waals surface area contributed by atoms with Crippen molar-refractivity contribution in [3.63, 3.8) is 0 Å². The van der Waals surface area contributed by atoms with Crippen LogP contribution in [0.4, 0.5) is 5.69 Å². The second-order valence-electron chi connectivity index (χ2n) is 5.30. The Morgan fingerprint density at radius 3 is 2.74 bits per heavy atom. The molecular formula is C13H21N3O2S. The molecule has 0 amide bonds. The quantitative estimate of drug-likeness (QED) is 0.810. The third kappa shape index (κ3) is 3.68. The molecule has 1 unspecified atom stereocenters. The number of nitrogen functional groups attached to an aromatic ring is 1. The molecule has 1 heterocycles. The standard InChI is InChI=1S/C13H21N3O2S/c1-10-6-11(14)8-13(7-10)19(17,18)15-12-4-3-5-16(2)9-12/h6-8,12,15H,3-5,9,14H2,1-2H3. The SMILES string of the molecule is Cc1cc(N)cc(S(=O)(=O)NC2CCCN(C)C2)c1. The number of anilines is 1. The van der Waals surface area contributed by atoms with Crippen LogP contribution in [0.1, 0.15) is 18.4 Å². The van der Waals surface area contributed by atoms with Crippen molar-refractivity contribution in [2.45, 2.75) is 30.7 Å². The molecular weight excluding hydrogens is 262 g/mol.